The van der Waals surface area contributed by atoms with Crippen LogP contribution in [-0.2, 0) is 16.1 Å². The molecule has 3 amide bonds. The highest BCUT2D eigenvalue weighted by atomic mass is 19.1. The second kappa shape index (κ2) is 13.8. The van der Waals surface area contributed by atoms with Crippen LogP contribution in [0.4, 0.5) is 10.1 Å². The van der Waals surface area contributed by atoms with Crippen molar-refractivity contribution < 1.29 is 29.1 Å². The molecule has 0 spiro atoms. The Labute approximate surface area is 225 Å². The fourth-order valence-electron chi connectivity index (χ4n) is 3.59. The molecule has 0 aliphatic rings. The SMILES string of the molecule is CC(O)C(NC(=O)c1ccc(C#Cc2ccc(NC(=O)CN(C)Cc3ccc(F)cc3)cc2)cc1)C(=O)NO. The number of hydrogen-bond acceptors (Lipinski definition) is 6. The first-order chi connectivity index (χ1) is 18.6. The average molecular weight is 533 g/mol. The van der Waals surface area contributed by atoms with E-state index < -0.39 is 24.0 Å². The minimum atomic E-state index is -1.31. The average Bonchev–Trinajstić information content (AvgIpc) is 2.92. The Morgan fingerprint density at radius 2 is 1.49 bits per heavy atom. The summed E-state index contributed by atoms with van der Waals surface area (Å²) in [5.41, 5.74) is 4.56. The zero-order valence-electron chi connectivity index (χ0n) is 21.4. The number of hydrogen-bond donors (Lipinski definition) is 5. The number of aliphatic hydroxyl groups excluding tert-OH is 1. The molecule has 0 bridgehead atoms. The lowest BCUT2D eigenvalue weighted by Crippen LogP contribution is -2.51. The normalized spacial score (nSPS) is 12.1. The summed E-state index contributed by atoms with van der Waals surface area (Å²) >= 11 is 0. The third-order valence-electron chi connectivity index (χ3n) is 5.61. The molecule has 0 saturated heterocycles. The highest BCUT2D eigenvalue weighted by molar-refractivity contribution is 5.97. The maximum atomic E-state index is 13.0. The van der Waals surface area contributed by atoms with Crippen LogP contribution in [0.2, 0.25) is 0 Å². The van der Waals surface area contributed by atoms with Crippen molar-refractivity contribution in [3.63, 3.8) is 0 Å². The van der Waals surface area contributed by atoms with Crippen LogP contribution >= 0.6 is 0 Å². The molecule has 3 rings (SSSR count). The highest BCUT2D eigenvalue weighted by Crippen LogP contribution is 2.11. The molecule has 0 heterocycles. The number of carbonyl (C=O) groups is 3. The summed E-state index contributed by atoms with van der Waals surface area (Å²) < 4.78 is 13.0. The predicted molar refractivity (Wildman–Crippen MR) is 143 cm³/mol. The molecule has 202 valence electrons. The predicted octanol–water partition coefficient (Wildman–Crippen LogP) is 2.28. The summed E-state index contributed by atoms with van der Waals surface area (Å²) in [5, 5.41) is 23.6. The Morgan fingerprint density at radius 3 is 2.03 bits per heavy atom. The Balaban J connectivity index is 1.52. The van der Waals surface area contributed by atoms with Gasteiger partial charge < -0.3 is 15.7 Å². The minimum Gasteiger partial charge on any atom is -0.391 e. The van der Waals surface area contributed by atoms with E-state index in [0.29, 0.717) is 17.8 Å². The molecule has 3 aromatic carbocycles. The van der Waals surface area contributed by atoms with E-state index in [4.69, 9.17) is 5.21 Å². The first-order valence-corrected chi connectivity index (χ1v) is 12.0. The third-order valence-corrected chi connectivity index (χ3v) is 5.61. The molecule has 0 aliphatic carbocycles. The molecule has 3 aromatic rings. The van der Waals surface area contributed by atoms with Gasteiger partial charge in [0.15, 0.2) is 0 Å². The van der Waals surface area contributed by atoms with Crippen molar-refractivity contribution in [1.82, 2.24) is 15.7 Å². The van der Waals surface area contributed by atoms with Crippen molar-refractivity contribution in [2.24, 2.45) is 0 Å². The summed E-state index contributed by atoms with van der Waals surface area (Å²) in [6.45, 7) is 1.99. The van der Waals surface area contributed by atoms with Crippen LogP contribution in [0, 0.1) is 17.7 Å². The lowest BCUT2D eigenvalue weighted by Gasteiger charge is -2.19. The quantitative estimate of drug-likeness (QED) is 0.163. The van der Waals surface area contributed by atoms with Gasteiger partial charge in [-0.25, -0.2) is 9.87 Å². The fraction of sp³-hybridized carbons (Fsp3) is 0.207. The van der Waals surface area contributed by atoms with E-state index in [0.717, 1.165) is 11.1 Å². The van der Waals surface area contributed by atoms with Gasteiger partial charge in [-0.3, -0.25) is 24.5 Å². The van der Waals surface area contributed by atoms with Crippen molar-refractivity contribution >= 4 is 23.4 Å². The monoisotopic (exact) mass is 532 g/mol. The van der Waals surface area contributed by atoms with Crippen LogP contribution in [-0.4, -0.2) is 58.7 Å². The number of amides is 3. The fourth-order valence-corrected chi connectivity index (χ4v) is 3.59. The van der Waals surface area contributed by atoms with E-state index in [1.165, 1.54) is 36.7 Å². The standard InChI is InChI=1S/C29H29FN4O5/c1-19(35)27(29(38)33-39)32-28(37)23-11-5-20(6-12-23)3-4-21-9-15-25(16-10-21)31-26(36)18-34(2)17-22-7-13-24(30)14-8-22/h5-16,19,27,35,39H,17-18H2,1-2H3,(H,31,36)(H,32,37)(H,33,38). The second-order valence-corrected chi connectivity index (χ2v) is 8.92. The van der Waals surface area contributed by atoms with Crippen LogP contribution < -0.4 is 16.1 Å². The zero-order valence-corrected chi connectivity index (χ0v) is 21.4. The number of carbonyl (C=O) groups excluding carboxylic acids is 3. The number of aliphatic hydroxyl groups is 1. The molecule has 0 aromatic heterocycles. The lowest BCUT2D eigenvalue weighted by molar-refractivity contribution is -0.133. The molecular formula is C29H29FN4O5. The van der Waals surface area contributed by atoms with Crippen molar-refractivity contribution in [1.29, 1.82) is 0 Å². The summed E-state index contributed by atoms with van der Waals surface area (Å²) in [6.07, 6.45) is -1.21. The Morgan fingerprint density at radius 1 is 0.923 bits per heavy atom. The van der Waals surface area contributed by atoms with Crippen LogP contribution in [0.15, 0.2) is 72.8 Å². The second-order valence-electron chi connectivity index (χ2n) is 8.92. The van der Waals surface area contributed by atoms with Gasteiger partial charge in [-0.1, -0.05) is 24.0 Å². The van der Waals surface area contributed by atoms with E-state index >= 15 is 0 Å². The molecule has 39 heavy (non-hydrogen) atoms. The van der Waals surface area contributed by atoms with Gasteiger partial charge in [0.05, 0.1) is 12.6 Å². The molecule has 2 atom stereocenters. The van der Waals surface area contributed by atoms with Crippen LogP contribution in [0.25, 0.3) is 0 Å². The minimum absolute atomic E-state index is 0.168. The van der Waals surface area contributed by atoms with E-state index in [1.807, 2.05) is 11.9 Å². The molecular weight excluding hydrogens is 503 g/mol. The Bertz CT molecular complexity index is 1350. The molecule has 0 saturated carbocycles. The van der Waals surface area contributed by atoms with E-state index in [-0.39, 0.29) is 23.8 Å². The van der Waals surface area contributed by atoms with Gasteiger partial charge in [0.2, 0.25) is 5.91 Å². The first kappa shape index (κ1) is 29.0. The lowest BCUT2D eigenvalue weighted by atomic mass is 10.1. The number of halogens is 1. The molecule has 0 aliphatic heterocycles. The van der Waals surface area contributed by atoms with Gasteiger partial charge in [-0.15, -0.1) is 0 Å². The summed E-state index contributed by atoms with van der Waals surface area (Å²) in [4.78, 5) is 38.2. The van der Waals surface area contributed by atoms with Crippen LogP contribution in [0.3, 0.4) is 0 Å². The van der Waals surface area contributed by atoms with Gasteiger partial charge in [0.1, 0.15) is 11.9 Å². The van der Waals surface area contributed by atoms with E-state index in [9.17, 15) is 23.9 Å². The molecule has 5 N–H and O–H groups in total. The number of rotatable bonds is 9. The largest absolute Gasteiger partial charge is 0.391 e. The summed E-state index contributed by atoms with van der Waals surface area (Å²) in [5.74, 6) is 4.00. The smallest absolute Gasteiger partial charge is 0.268 e. The Kier molecular flexibility index (Phi) is 10.3. The molecule has 0 fully saturated rings. The maximum Gasteiger partial charge on any atom is 0.268 e. The van der Waals surface area contributed by atoms with Gasteiger partial charge in [-0.05, 0) is 80.2 Å². The number of benzene rings is 3. The Hall–Kier alpha value is -4.56. The third kappa shape index (κ3) is 9.05. The molecule has 0 radical (unpaired) electrons. The van der Waals surface area contributed by atoms with E-state index in [2.05, 4.69) is 22.5 Å². The molecule has 2 unspecified atom stereocenters. The number of hydroxylamine groups is 1. The van der Waals surface area contributed by atoms with Crippen molar-refractivity contribution in [2.45, 2.75) is 25.6 Å². The summed E-state index contributed by atoms with van der Waals surface area (Å²) in [7, 11) is 1.81. The number of nitrogens with zero attached hydrogens (tertiary/aromatic N) is 1. The number of likely N-dealkylation sites (N-methyl/N-ethyl adjacent to an activating group) is 1. The summed E-state index contributed by atoms with van der Waals surface area (Å²) in [6, 6.07) is 18.2. The van der Waals surface area contributed by atoms with Crippen LogP contribution in [0.1, 0.15) is 34.0 Å². The highest BCUT2D eigenvalue weighted by Gasteiger charge is 2.25. The van der Waals surface area contributed by atoms with Crippen molar-refractivity contribution in [2.75, 3.05) is 18.9 Å². The number of nitrogens with one attached hydrogen (secondary N) is 3. The van der Waals surface area contributed by atoms with Crippen molar-refractivity contribution in [3.05, 3.63) is 101 Å². The number of anilines is 1. The van der Waals surface area contributed by atoms with E-state index in [1.54, 1.807) is 48.5 Å². The topological polar surface area (TPSA) is 131 Å². The van der Waals surface area contributed by atoms with Crippen LogP contribution in [0.5, 0.6) is 0 Å². The van der Waals surface area contributed by atoms with Crippen molar-refractivity contribution in [3.8, 4) is 11.8 Å². The molecule has 10 heteroatoms. The van der Waals surface area contributed by atoms with Gasteiger partial charge in [0, 0.05) is 28.9 Å². The maximum absolute atomic E-state index is 13.0. The van der Waals surface area contributed by atoms with Gasteiger partial charge >= 0.3 is 0 Å². The van der Waals surface area contributed by atoms with Gasteiger partial charge in [-0.2, -0.15) is 0 Å². The first-order valence-electron chi connectivity index (χ1n) is 12.0. The molecule has 9 nitrogen and oxygen atoms in total. The van der Waals surface area contributed by atoms with Gasteiger partial charge in [0.25, 0.3) is 11.8 Å². The zero-order chi connectivity index (χ0) is 28.4.